The van der Waals surface area contributed by atoms with Crippen molar-refractivity contribution in [1.82, 2.24) is 14.9 Å². The van der Waals surface area contributed by atoms with E-state index in [4.69, 9.17) is 0 Å². The third-order valence-electron chi connectivity index (χ3n) is 5.36. The number of aromatic nitrogens is 2. The van der Waals surface area contributed by atoms with Gasteiger partial charge in [-0.3, -0.25) is 4.79 Å². The number of carbonyl (C=O) groups is 1. The Kier molecular flexibility index (Phi) is 6.01. The molecule has 2 aromatic rings. The molecule has 0 unspecified atom stereocenters. The highest BCUT2D eigenvalue weighted by atomic mass is 16.2. The maximum absolute atomic E-state index is 12.6. The summed E-state index contributed by atoms with van der Waals surface area (Å²) in [6.07, 6.45) is 1.37. The Balaban J connectivity index is 1.50. The third kappa shape index (κ3) is 5.09. The van der Waals surface area contributed by atoms with Crippen molar-refractivity contribution in [3.8, 4) is 0 Å². The molecular formula is C23H32N4O. The van der Waals surface area contributed by atoms with Crippen LogP contribution >= 0.6 is 0 Å². The summed E-state index contributed by atoms with van der Waals surface area (Å²) >= 11 is 0. The van der Waals surface area contributed by atoms with E-state index < -0.39 is 0 Å². The number of hydrogen-bond donors (Lipinski definition) is 0. The Morgan fingerprint density at radius 3 is 2.21 bits per heavy atom. The van der Waals surface area contributed by atoms with Gasteiger partial charge in [-0.25, -0.2) is 9.97 Å². The number of piperazine rings is 1. The molecule has 0 N–H and O–H groups in total. The Bertz CT molecular complexity index is 795. The van der Waals surface area contributed by atoms with E-state index in [2.05, 4.69) is 59.9 Å². The van der Waals surface area contributed by atoms with Gasteiger partial charge in [0.25, 0.3) is 0 Å². The van der Waals surface area contributed by atoms with E-state index in [1.165, 1.54) is 11.1 Å². The first-order valence-electron chi connectivity index (χ1n) is 10.2. The maximum atomic E-state index is 12.6. The van der Waals surface area contributed by atoms with Gasteiger partial charge in [0.15, 0.2) is 0 Å². The molecule has 0 aliphatic carbocycles. The second-order valence-corrected chi connectivity index (χ2v) is 8.73. The molecule has 0 bridgehead atoms. The van der Waals surface area contributed by atoms with E-state index in [1.54, 1.807) is 0 Å². The molecule has 3 rings (SSSR count). The lowest BCUT2D eigenvalue weighted by Crippen LogP contribution is -2.49. The van der Waals surface area contributed by atoms with E-state index in [-0.39, 0.29) is 11.3 Å². The quantitative estimate of drug-likeness (QED) is 0.812. The third-order valence-corrected chi connectivity index (χ3v) is 5.36. The van der Waals surface area contributed by atoms with Crippen molar-refractivity contribution >= 4 is 11.7 Å². The van der Waals surface area contributed by atoms with Crippen LogP contribution in [-0.2, 0) is 16.6 Å². The van der Waals surface area contributed by atoms with Crippen LogP contribution in [0.15, 0.2) is 30.3 Å². The van der Waals surface area contributed by atoms with Gasteiger partial charge in [-0.15, -0.1) is 0 Å². The first-order valence-corrected chi connectivity index (χ1v) is 10.2. The molecular weight excluding hydrogens is 348 g/mol. The summed E-state index contributed by atoms with van der Waals surface area (Å²) in [6.45, 7) is 13.7. The molecule has 1 amide bonds. The van der Waals surface area contributed by atoms with Crippen LogP contribution in [0.25, 0.3) is 0 Å². The van der Waals surface area contributed by atoms with Crippen LogP contribution in [-0.4, -0.2) is 47.0 Å². The smallest absolute Gasteiger partial charge is 0.223 e. The van der Waals surface area contributed by atoms with Gasteiger partial charge >= 0.3 is 0 Å². The summed E-state index contributed by atoms with van der Waals surface area (Å²) in [5.41, 5.74) is 3.70. The summed E-state index contributed by atoms with van der Waals surface area (Å²) in [4.78, 5) is 25.7. The van der Waals surface area contributed by atoms with Crippen molar-refractivity contribution in [2.45, 2.75) is 52.9 Å². The first kappa shape index (κ1) is 20.3. The van der Waals surface area contributed by atoms with Crippen molar-refractivity contribution in [3.05, 3.63) is 53.0 Å². The lowest BCUT2D eigenvalue weighted by Gasteiger charge is -2.35. The average Bonchev–Trinajstić information content (AvgIpc) is 2.65. The van der Waals surface area contributed by atoms with Gasteiger partial charge in [-0.2, -0.15) is 0 Å². The standard InChI is InChI=1S/C23H32N4O/c1-17-16-21(25-18(2)24-17)26-12-14-27(15-13-26)22(28)11-8-19-6-9-20(10-7-19)23(3,4)5/h6-7,9-10,16H,8,11-15H2,1-5H3. The van der Waals surface area contributed by atoms with Crippen molar-refractivity contribution in [1.29, 1.82) is 0 Å². The van der Waals surface area contributed by atoms with Crippen LogP contribution < -0.4 is 4.90 Å². The number of anilines is 1. The van der Waals surface area contributed by atoms with Gasteiger partial charge in [0.1, 0.15) is 11.6 Å². The zero-order valence-electron chi connectivity index (χ0n) is 17.8. The second-order valence-electron chi connectivity index (χ2n) is 8.73. The Morgan fingerprint density at radius 2 is 1.64 bits per heavy atom. The van der Waals surface area contributed by atoms with Crippen LogP contribution in [0.5, 0.6) is 0 Å². The van der Waals surface area contributed by atoms with Gasteiger partial charge in [0.2, 0.25) is 5.91 Å². The molecule has 1 aliphatic heterocycles. The molecule has 0 spiro atoms. The summed E-state index contributed by atoms with van der Waals surface area (Å²) in [7, 11) is 0. The van der Waals surface area contributed by atoms with Gasteiger partial charge in [0, 0.05) is 44.4 Å². The van der Waals surface area contributed by atoms with E-state index in [9.17, 15) is 4.79 Å². The Morgan fingerprint density at radius 1 is 1.00 bits per heavy atom. The zero-order valence-corrected chi connectivity index (χ0v) is 17.8. The Hall–Kier alpha value is -2.43. The van der Waals surface area contributed by atoms with Crippen molar-refractivity contribution in [3.63, 3.8) is 0 Å². The second kappa shape index (κ2) is 8.29. The minimum absolute atomic E-state index is 0.161. The fourth-order valence-corrected chi connectivity index (χ4v) is 3.63. The number of amides is 1. The molecule has 1 aromatic carbocycles. The number of aryl methyl sites for hydroxylation is 3. The molecule has 1 aliphatic rings. The molecule has 1 fully saturated rings. The molecule has 2 heterocycles. The number of carbonyl (C=O) groups excluding carboxylic acids is 1. The van der Waals surface area contributed by atoms with E-state index in [0.29, 0.717) is 6.42 Å². The summed E-state index contributed by atoms with van der Waals surface area (Å²) in [6, 6.07) is 10.7. The van der Waals surface area contributed by atoms with Crippen LogP contribution in [0.1, 0.15) is 49.8 Å². The highest BCUT2D eigenvalue weighted by Crippen LogP contribution is 2.22. The lowest BCUT2D eigenvalue weighted by atomic mass is 9.86. The highest BCUT2D eigenvalue weighted by molar-refractivity contribution is 5.76. The Labute approximate surface area is 168 Å². The predicted molar refractivity (Wildman–Crippen MR) is 114 cm³/mol. The maximum Gasteiger partial charge on any atom is 0.223 e. The summed E-state index contributed by atoms with van der Waals surface area (Å²) < 4.78 is 0. The number of nitrogens with zero attached hydrogens (tertiary/aromatic N) is 4. The SMILES string of the molecule is Cc1cc(N2CCN(C(=O)CCc3ccc(C(C)(C)C)cc3)CC2)nc(C)n1. The van der Waals surface area contributed by atoms with E-state index >= 15 is 0 Å². The van der Waals surface area contributed by atoms with Gasteiger partial charge in [-0.1, -0.05) is 45.0 Å². The van der Waals surface area contributed by atoms with Crippen LogP contribution in [0, 0.1) is 13.8 Å². The fraction of sp³-hybridized carbons (Fsp3) is 0.522. The molecule has 1 saturated heterocycles. The number of hydrogen-bond acceptors (Lipinski definition) is 4. The van der Waals surface area contributed by atoms with E-state index in [1.807, 2.05) is 24.8 Å². The van der Waals surface area contributed by atoms with Crippen LogP contribution in [0.4, 0.5) is 5.82 Å². The monoisotopic (exact) mass is 380 g/mol. The van der Waals surface area contributed by atoms with Crippen molar-refractivity contribution in [2.75, 3.05) is 31.1 Å². The van der Waals surface area contributed by atoms with Gasteiger partial charge in [0.05, 0.1) is 0 Å². The molecule has 150 valence electrons. The van der Waals surface area contributed by atoms with Crippen molar-refractivity contribution in [2.24, 2.45) is 0 Å². The molecule has 5 heteroatoms. The molecule has 0 saturated carbocycles. The first-order chi connectivity index (χ1) is 13.2. The molecule has 5 nitrogen and oxygen atoms in total. The van der Waals surface area contributed by atoms with E-state index in [0.717, 1.165) is 49.9 Å². The van der Waals surface area contributed by atoms with Crippen LogP contribution in [0.3, 0.4) is 0 Å². The molecule has 1 aromatic heterocycles. The predicted octanol–water partition coefficient (Wildman–Crippen LogP) is 3.67. The number of rotatable bonds is 4. The topological polar surface area (TPSA) is 49.3 Å². The summed E-state index contributed by atoms with van der Waals surface area (Å²) in [5.74, 6) is 2.01. The lowest BCUT2D eigenvalue weighted by molar-refractivity contribution is -0.131. The average molecular weight is 381 g/mol. The van der Waals surface area contributed by atoms with Gasteiger partial charge in [-0.05, 0) is 36.8 Å². The largest absolute Gasteiger partial charge is 0.353 e. The molecule has 0 radical (unpaired) electrons. The minimum atomic E-state index is 0.161. The summed E-state index contributed by atoms with van der Waals surface area (Å²) in [5, 5.41) is 0. The normalized spacial score (nSPS) is 15.0. The fourth-order valence-electron chi connectivity index (χ4n) is 3.63. The highest BCUT2D eigenvalue weighted by Gasteiger charge is 2.22. The number of benzene rings is 1. The van der Waals surface area contributed by atoms with Crippen LogP contribution in [0.2, 0.25) is 0 Å². The van der Waals surface area contributed by atoms with Crippen molar-refractivity contribution < 1.29 is 4.79 Å². The van der Waals surface area contributed by atoms with Gasteiger partial charge < -0.3 is 9.80 Å². The zero-order chi connectivity index (χ0) is 20.3. The molecule has 0 atom stereocenters. The molecule has 28 heavy (non-hydrogen) atoms. The minimum Gasteiger partial charge on any atom is -0.353 e.